The minimum absolute atomic E-state index is 0.812. The summed E-state index contributed by atoms with van der Waals surface area (Å²) in [7, 11) is -3.26. The van der Waals surface area contributed by atoms with E-state index in [9.17, 15) is 0 Å². The van der Waals surface area contributed by atoms with Crippen LogP contribution in [-0.2, 0) is 9.05 Å². The van der Waals surface area contributed by atoms with Crippen LogP contribution in [0.4, 0.5) is 0 Å². The fraction of sp³-hybridized carbons (Fsp3) is 0.833. The minimum atomic E-state index is -1.63. The average molecular weight is 289 g/mol. The fourth-order valence-electron chi connectivity index (χ4n) is 1.03. The van der Waals surface area contributed by atoms with Crippen molar-refractivity contribution in [2.24, 2.45) is 10.3 Å². The lowest BCUT2D eigenvalue weighted by Gasteiger charge is -2.17. The van der Waals surface area contributed by atoms with Crippen molar-refractivity contribution in [2.45, 2.75) is 66.0 Å². The van der Waals surface area contributed by atoms with Crippen molar-refractivity contribution in [3.8, 4) is 0 Å². The Bertz CT molecular complexity index is 283. The lowest BCUT2D eigenvalue weighted by molar-refractivity contribution is 0.329. The molecule has 0 spiro atoms. The van der Waals surface area contributed by atoms with E-state index in [0.717, 1.165) is 24.3 Å². The highest BCUT2D eigenvalue weighted by atomic mass is 28.4. The second-order valence-corrected chi connectivity index (χ2v) is 15.0. The molecule has 0 heterocycles. The molecule has 0 saturated carbocycles. The Morgan fingerprint density at radius 2 is 1.00 bits per heavy atom. The van der Waals surface area contributed by atoms with Gasteiger partial charge >= 0.3 is 0 Å². The Kier molecular flexibility index (Phi) is 6.84. The van der Waals surface area contributed by atoms with Crippen molar-refractivity contribution < 1.29 is 9.05 Å². The van der Waals surface area contributed by atoms with Gasteiger partial charge in [0, 0.05) is 0 Å². The van der Waals surface area contributed by atoms with Gasteiger partial charge in [0.25, 0.3) is 16.6 Å². The molecule has 0 aromatic heterocycles. The predicted molar refractivity (Wildman–Crippen MR) is 84.3 cm³/mol. The molecule has 0 aromatic rings. The Morgan fingerprint density at radius 1 is 0.722 bits per heavy atom. The molecule has 18 heavy (non-hydrogen) atoms. The van der Waals surface area contributed by atoms with E-state index < -0.39 is 16.6 Å². The smallest absolute Gasteiger partial charge is 0.278 e. The molecule has 0 saturated heterocycles. The van der Waals surface area contributed by atoms with Gasteiger partial charge in [-0.15, -0.1) is 10.3 Å². The summed E-state index contributed by atoms with van der Waals surface area (Å²) in [6.07, 6.45) is 1.62. The molecular weight excluding hydrogens is 260 g/mol. The summed E-state index contributed by atoms with van der Waals surface area (Å²) >= 11 is 0. The molecular formula is C12H28N2O2Si2. The Labute approximate surface area is 114 Å². The molecule has 0 amide bonds. The first kappa shape index (κ1) is 17.4. The standard InChI is InChI=1S/C12H28N2O2Si2/c1-9-11(13-15-17(3,4)5)12(10-2)14-16-18(6,7)8/h9-10H2,1-8H3. The lowest BCUT2D eigenvalue weighted by Crippen LogP contribution is -2.26. The van der Waals surface area contributed by atoms with Crippen molar-refractivity contribution in [1.82, 2.24) is 0 Å². The maximum absolute atomic E-state index is 5.60. The zero-order valence-corrected chi connectivity index (χ0v) is 15.1. The zero-order valence-electron chi connectivity index (χ0n) is 13.1. The molecule has 0 aliphatic heterocycles. The quantitative estimate of drug-likeness (QED) is 0.400. The van der Waals surface area contributed by atoms with E-state index in [-0.39, 0.29) is 0 Å². The van der Waals surface area contributed by atoms with Crippen molar-refractivity contribution in [3.05, 3.63) is 0 Å². The highest BCUT2D eigenvalue weighted by Crippen LogP contribution is 2.08. The van der Waals surface area contributed by atoms with E-state index in [1.165, 1.54) is 0 Å². The van der Waals surface area contributed by atoms with E-state index in [1.807, 2.05) is 0 Å². The summed E-state index contributed by atoms with van der Waals surface area (Å²) < 4.78 is 11.2. The first-order chi connectivity index (χ1) is 8.09. The van der Waals surface area contributed by atoms with Crippen LogP contribution in [0.15, 0.2) is 10.3 Å². The molecule has 0 aliphatic carbocycles. The molecule has 4 nitrogen and oxygen atoms in total. The summed E-state index contributed by atoms with van der Waals surface area (Å²) in [4.78, 5) is 0. The third kappa shape index (κ3) is 8.46. The van der Waals surface area contributed by atoms with Gasteiger partial charge in [0.15, 0.2) is 0 Å². The Hall–Kier alpha value is -0.626. The van der Waals surface area contributed by atoms with Crippen LogP contribution in [0.2, 0.25) is 39.3 Å². The molecule has 0 aromatic carbocycles. The van der Waals surface area contributed by atoms with Crippen LogP contribution in [0.1, 0.15) is 26.7 Å². The van der Waals surface area contributed by atoms with Crippen LogP contribution in [-0.4, -0.2) is 28.1 Å². The van der Waals surface area contributed by atoms with Gasteiger partial charge < -0.3 is 9.05 Å². The molecule has 0 atom stereocenters. The molecule has 0 bridgehead atoms. The van der Waals surface area contributed by atoms with Gasteiger partial charge in [-0.05, 0) is 52.1 Å². The maximum Gasteiger partial charge on any atom is 0.278 e. The van der Waals surface area contributed by atoms with Gasteiger partial charge in [-0.25, -0.2) is 0 Å². The zero-order chi connectivity index (χ0) is 14.4. The number of hydrogen-bond acceptors (Lipinski definition) is 4. The lowest BCUT2D eigenvalue weighted by atomic mass is 10.1. The molecule has 0 aliphatic rings. The van der Waals surface area contributed by atoms with E-state index >= 15 is 0 Å². The monoisotopic (exact) mass is 288 g/mol. The van der Waals surface area contributed by atoms with Gasteiger partial charge in [-0.3, -0.25) is 0 Å². The fourth-order valence-corrected chi connectivity index (χ4v) is 1.79. The van der Waals surface area contributed by atoms with Gasteiger partial charge in [-0.2, -0.15) is 0 Å². The summed E-state index contributed by atoms with van der Waals surface area (Å²) in [6, 6.07) is 0. The predicted octanol–water partition coefficient (Wildman–Crippen LogP) is 4.22. The normalized spacial score (nSPS) is 14.7. The summed E-state index contributed by atoms with van der Waals surface area (Å²) in [5.74, 6) is 0. The van der Waals surface area contributed by atoms with E-state index in [1.54, 1.807) is 0 Å². The number of rotatable bonds is 7. The summed E-state index contributed by atoms with van der Waals surface area (Å²) in [6.45, 7) is 16.8. The maximum atomic E-state index is 5.60. The average Bonchev–Trinajstić information content (AvgIpc) is 2.20. The molecule has 0 fully saturated rings. The van der Waals surface area contributed by atoms with Gasteiger partial charge in [0.1, 0.15) is 11.4 Å². The molecule has 106 valence electrons. The van der Waals surface area contributed by atoms with Crippen molar-refractivity contribution in [1.29, 1.82) is 0 Å². The van der Waals surface area contributed by atoms with Crippen LogP contribution in [0.5, 0.6) is 0 Å². The molecule has 0 N–H and O–H groups in total. The van der Waals surface area contributed by atoms with E-state index in [0.29, 0.717) is 0 Å². The third-order valence-electron chi connectivity index (χ3n) is 1.86. The van der Waals surface area contributed by atoms with Gasteiger partial charge in [0.05, 0.1) is 0 Å². The van der Waals surface area contributed by atoms with E-state index in [4.69, 9.17) is 9.05 Å². The van der Waals surface area contributed by atoms with Crippen LogP contribution in [0, 0.1) is 0 Å². The van der Waals surface area contributed by atoms with Crippen LogP contribution in [0.25, 0.3) is 0 Å². The van der Waals surface area contributed by atoms with Gasteiger partial charge in [-0.1, -0.05) is 13.8 Å². The number of nitrogens with zero attached hydrogens (tertiary/aromatic N) is 2. The second kappa shape index (κ2) is 7.08. The highest BCUT2D eigenvalue weighted by Gasteiger charge is 2.19. The van der Waals surface area contributed by atoms with Crippen molar-refractivity contribution >= 4 is 28.1 Å². The topological polar surface area (TPSA) is 43.2 Å². The molecule has 6 heteroatoms. The summed E-state index contributed by atoms with van der Waals surface area (Å²) in [5.41, 5.74) is 1.80. The first-order valence-corrected chi connectivity index (χ1v) is 13.4. The first-order valence-electron chi connectivity index (χ1n) is 6.59. The van der Waals surface area contributed by atoms with Crippen LogP contribution >= 0.6 is 0 Å². The van der Waals surface area contributed by atoms with Crippen LogP contribution < -0.4 is 0 Å². The van der Waals surface area contributed by atoms with Crippen molar-refractivity contribution in [2.75, 3.05) is 0 Å². The molecule has 0 radical (unpaired) electrons. The largest absolute Gasteiger partial charge is 0.455 e. The van der Waals surface area contributed by atoms with Crippen LogP contribution in [0.3, 0.4) is 0 Å². The third-order valence-corrected chi connectivity index (χ3v) is 3.14. The second-order valence-electron chi connectivity index (χ2n) is 6.19. The Morgan fingerprint density at radius 3 is 1.17 bits per heavy atom. The number of hydrogen-bond donors (Lipinski definition) is 0. The van der Waals surface area contributed by atoms with Crippen molar-refractivity contribution in [3.63, 3.8) is 0 Å². The van der Waals surface area contributed by atoms with E-state index in [2.05, 4.69) is 63.4 Å². The molecule has 0 unspecified atom stereocenters. The SMILES string of the molecule is CCC(=NO[Si](C)(C)C)C(CC)=NO[Si](C)(C)C. The van der Waals surface area contributed by atoms with Gasteiger partial charge in [0.2, 0.25) is 0 Å². The molecule has 0 rings (SSSR count). The summed E-state index contributed by atoms with van der Waals surface area (Å²) in [5, 5.41) is 8.54. The highest BCUT2D eigenvalue weighted by molar-refractivity contribution is 6.70. The number of oxime groups is 2. The minimum Gasteiger partial charge on any atom is -0.455 e. The Balaban J connectivity index is 4.88.